The van der Waals surface area contributed by atoms with Gasteiger partial charge >= 0.3 is 8.24 Å². The highest BCUT2D eigenvalue weighted by molar-refractivity contribution is 7.48. The van der Waals surface area contributed by atoms with E-state index in [4.69, 9.17) is 22.0 Å². The van der Waals surface area contributed by atoms with Crippen LogP contribution in [0.25, 0.3) is 44.2 Å². The first-order valence-electron chi connectivity index (χ1n) is 24.8. The molecule has 1 aliphatic rings. The molecule has 6 aromatic carbocycles. The van der Waals surface area contributed by atoms with Crippen molar-refractivity contribution in [2.24, 2.45) is 0 Å². The number of benzene rings is 6. The van der Waals surface area contributed by atoms with Crippen LogP contribution < -0.4 is 13.6 Å². The van der Waals surface area contributed by atoms with Crippen LogP contribution in [-0.2, 0) is 28.1 Å². The molecule has 1 aromatic heterocycles. The third-order valence-corrected chi connectivity index (χ3v) is 17.0. The van der Waals surface area contributed by atoms with E-state index in [1.165, 1.54) is 72.3 Å². The van der Waals surface area contributed by atoms with Gasteiger partial charge in [-0.25, -0.2) is 0 Å². The van der Waals surface area contributed by atoms with Crippen LogP contribution in [0.4, 0.5) is 0 Å². The second-order valence-electron chi connectivity index (χ2n) is 23.9. The second kappa shape index (κ2) is 18.0. The van der Waals surface area contributed by atoms with Gasteiger partial charge in [-0.3, -0.25) is 0 Å². The fraction of sp³-hybridized carbons (Fsp3) is 0.419. The standard InChI is InChI=1S/C62H76O5P2/c1-35-31-46(59(9,10)11)45-29-30-68(65-56-47(60(12,13)14)32-36(2)40(6)53(56)52(45)39(35)5)63-50-27-23-21-25-43(50)44-26-22-24-28-51(44)64-69-66-57-48(61(15,16)17)33-37(3)41(7)54(57)55-42(8)38(4)34-49(58(55)67-69)62(18,19)20/h21-28,31-34H,29-30H2,1-20H3/t68-/m0/s1. The van der Waals surface area contributed by atoms with E-state index in [0.717, 1.165) is 68.3 Å². The van der Waals surface area contributed by atoms with Crippen molar-refractivity contribution in [2.45, 2.75) is 167 Å². The Morgan fingerprint density at radius 1 is 0.449 bits per heavy atom. The molecule has 0 saturated heterocycles. The van der Waals surface area contributed by atoms with E-state index in [2.05, 4.69) is 199 Å². The topological polar surface area (TPSA) is 54.0 Å². The Balaban J connectivity index is 1.31. The van der Waals surface area contributed by atoms with E-state index in [1.54, 1.807) is 0 Å². The van der Waals surface area contributed by atoms with Gasteiger partial charge in [-0.15, -0.1) is 0 Å². The summed E-state index contributed by atoms with van der Waals surface area (Å²) in [4.78, 5) is 0. The smallest absolute Gasteiger partial charge is 0.438 e. The number of para-hydroxylation sites is 2. The predicted molar refractivity (Wildman–Crippen MR) is 296 cm³/mol. The Bertz CT molecular complexity index is 3130. The van der Waals surface area contributed by atoms with Crippen LogP contribution in [-0.4, -0.2) is 6.16 Å². The van der Waals surface area contributed by atoms with Gasteiger partial charge in [0.25, 0.3) is 8.38 Å². The first-order chi connectivity index (χ1) is 32.1. The minimum atomic E-state index is -2.01. The molecule has 0 radical (unpaired) electrons. The number of aryl methyl sites for hydroxylation is 6. The lowest BCUT2D eigenvalue weighted by atomic mass is 9.75. The van der Waals surface area contributed by atoms with Gasteiger partial charge in [0.05, 0.1) is 0 Å². The zero-order valence-electron chi connectivity index (χ0n) is 45.3. The van der Waals surface area contributed by atoms with Gasteiger partial charge in [0.2, 0.25) is 0 Å². The molecular formula is C62H76O5P2. The molecule has 7 heteroatoms. The molecule has 7 aromatic rings. The zero-order chi connectivity index (χ0) is 50.4. The summed E-state index contributed by atoms with van der Waals surface area (Å²) < 4.78 is 36.3. The molecule has 2 heterocycles. The molecule has 364 valence electrons. The van der Waals surface area contributed by atoms with Crippen molar-refractivity contribution in [1.29, 1.82) is 0 Å². The number of hydrogen-bond donors (Lipinski definition) is 0. The second-order valence-corrected chi connectivity index (χ2v) is 26.4. The summed E-state index contributed by atoms with van der Waals surface area (Å²) in [6.45, 7) is 45.3. The number of hydrogen-bond acceptors (Lipinski definition) is 5. The van der Waals surface area contributed by atoms with Crippen LogP contribution in [0.15, 0.2) is 81.2 Å². The monoisotopic (exact) mass is 963 g/mol. The van der Waals surface area contributed by atoms with E-state index in [1.807, 2.05) is 12.1 Å². The van der Waals surface area contributed by atoms with Crippen molar-refractivity contribution in [3.05, 3.63) is 145 Å². The fourth-order valence-electron chi connectivity index (χ4n) is 10.1. The summed E-state index contributed by atoms with van der Waals surface area (Å²) in [7, 11) is -3.49. The third-order valence-electron chi connectivity index (χ3n) is 14.6. The molecule has 0 N–H and O–H groups in total. The van der Waals surface area contributed by atoms with Gasteiger partial charge in [0.15, 0.2) is 0 Å². The first-order valence-corrected chi connectivity index (χ1v) is 27.3. The highest BCUT2D eigenvalue weighted by Crippen LogP contribution is 2.56. The summed E-state index contributed by atoms with van der Waals surface area (Å²) in [5.74, 6) is 2.34. The number of rotatable bonds is 5. The van der Waals surface area contributed by atoms with Crippen LogP contribution in [0.5, 0.6) is 17.2 Å². The van der Waals surface area contributed by atoms with Gasteiger partial charge in [-0.1, -0.05) is 144 Å². The lowest BCUT2D eigenvalue weighted by Crippen LogP contribution is -2.21. The largest absolute Gasteiger partial charge is 0.453 e. The van der Waals surface area contributed by atoms with Gasteiger partial charge in [-0.2, -0.15) is 0 Å². The Labute approximate surface area is 415 Å². The molecule has 1 aliphatic heterocycles. The van der Waals surface area contributed by atoms with Gasteiger partial charge in [-0.05, 0) is 157 Å². The molecule has 69 heavy (non-hydrogen) atoms. The quantitative estimate of drug-likeness (QED) is 0.161. The van der Waals surface area contributed by atoms with Crippen LogP contribution in [0.2, 0.25) is 0 Å². The van der Waals surface area contributed by atoms with E-state index in [-0.39, 0.29) is 21.7 Å². The summed E-state index contributed by atoms with van der Waals surface area (Å²) in [5, 5.41) is 2.18. The van der Waals surface area contributed by atoms with Gasteiger partial charge < -0.3 is 22.0 Å². The van der Waals surface area contributed by atoms with E-state index in [0.29, 0.717) is 5.75 Å². The average molecular weight is 963 g/mol. The van der Waals surface area contributed by atoms with Crippen molar-refractivity contribution in [3.63, 3.8) is 0 Å². The lowest BCUT2D eigenvalue weighted by Gasteiger charge is -2.35. The highest BCUT2D eigenvalue weighted by atomic mass is 31.2. The van der Waals surface area contributed by atoms with Crippen molar-refractivity contribution in [3.8, 4) is 39.5 Å². The molecule has 1 atom stereocenters. The molecule has 0 aliphatic carbocycles. The predicted octanol–water partition coefficient (Wildman–Crippen LogP) is 19.4. The van der Waals surface area contributed by atoms with Crippen molar-refractivity contribution < 1.29 is 22.0 Å². The van der Waals surface area contributed by atoms with Crippen molar-refractivity contribution >= 4 is 38.6 Å². The third kappa shape index (κ3) is 9.41. The first kappa shape index (κ1) is 50.4. The minimum absolute atomic E-state index is 0.0536. The summed E-state index contributed by atoms with van der Waals surface area (Å²) in [6, 6.07) is 25.9. The summed E-state index contributed by atoms with van der Waals surface area (Å²) in [6.07, 6.45) is 1.56. The van der Waals surface area contributed by atoms with Crippen molar-refractivity contribution in [2.75, 3.05) is 6.16 Å². The molecular weight excluding hydrogens is 887 g/mol. The van der Waals surface area contributed by atoms with Crippen molar-refractivity contribution in [1.82, 2.24) is 0 Å². The molecule has 8 rings (SSSR count). The van der Waals surface area contributed by atoms with Gasteiger partial charge in [0, 0.05) is 50.3 Å². The maximum absolute atomic E-state index is 7.42. The Kier molecular flexibility index (Phi) is 13.2. The van der Waals surface area contributed by atoms with Crippen LogP contribution in [0.3, 0.4) is 0 Å². The fourth-order valence-corrected chi connectivity index (χ4v) is 12.6. The minimum Gasteiger partial charge on any atom is -0.438 e. The number of fused-ring (bicyclic) bond motifs is 6. The van der Waals surface area contributed by atoms with Crippen LogP contribution in [0.1, 0.15) is 155 Å². The maximum Gasteiger partial charge on any atom is 0.453 e. The van der Waals surface area contributed by atoms with E-state index in [9.17, 15) is 0 Å². The molecule has 0 fully saturated rings. The average Bonchev–Trinajstić information content (AvgIpc) is 3.40. The lowest BCUT2D eigenvalue weighted by molar-refractivity contribution is 0.470. The molecule has 0 saturated carbocycles. The maximum atomic E-state index is 7.42. The van der Waals surface area contributed by atoms with Gasteiger partial charge in [0.1, 0.15) is 28.4 Å². The van der Waals surface area contributed by atoms with Crippen LogP contribution in [0, 0.1) is 55.4 Å². The highest BCUT2D eigenvalue weighted by Gasteiger charge is 2.35. The molecule has 0 amide bonds. The molecule has 0 spiro atoms. The molecule has 5 nitrogen and oxygen atoms in total. The summed E-state index contributed by atoms with van der Waals surface area (Å²) >= 11 is 0. The zero-order valence-corrected chi connectivity index (χ0v) is 47.1. The Morgan fingerprint density at radius 3 is 1.30 bits per heavy atom. The van der Waals surface area contributed by atoms with Crippen LogP contribution >= 0.6 is 16.6 Å². The van der Waals surface area contributed by atoms with E-state index >= 15 is 0 Å². The Morgan fingerprint density at radius 2 is 0.841 bits per heavy atom. The Hall–Kier alpha value is -4.95. The molecule has 0 unspecified atom stereocenters. The molecule has 0 bridgehead atoms. The van der Waals surface area contributed by atoms with E-state index < -0.39 is 16.6 Å². The SMILES string of the molecule is Cc1cc(C(C)(C)C)c2c(c1C)-c1c(C)c(C)cc(C(C)(C)C)c1O[P@](Oc1ccccc1-c1ccccc1Op1oc3c(C(C)(C)C)cc(C)c(C)c3c3c(C)c(C)cc(C(C)(C)C)c3o1)CC2. The summed E-state index contributed by atoms with van der Waals surface area (Å²) in [5.41, 5.74) is 21.6. The normalized spacial score (nSPS) is 14.5.